The molecule has 19 heavy (non-hydrogen) atoms. The van der Waals surface area contributed by atoms with E-state index in [4.69, 9.17) is 5.11 Å². The monoisotopic (exact) mass is 279 g/mol. The Morgan fingerprint density at radius 3 is 3.00 bits per heavy atom. The Kier molecular flexibility index (Phi) is 4.61. The van der Waals surface area contributed by atoms with E-state index in [0.29, 0.717) is 19.4 Å². The van der Waals surface area contributed by atoms with Gasteiger partial charge in [-0.25, -0.2) is 0 Å². The standard InChI is InChI=1S/C14H17NO3S/c1-10(17)19-13-8-14(18)15(9-13)12-4-2-3-11(7-12)5-6-16/h2-4,7,13,16H,5-6,8-9H2,1H3. The molecule has 1 aliphatic rings. The molecule has 2 rings (SSSR count). The first-order valence-electron chi connectivity index (χ1n) is 6.27. The molecule has 0 aliphatic carbocycles. The Labute approximate surface area is 116 Å². The largest absolute Gasteiger partial charge is 0.396 e. The van der Waals surface area contributed by atoms with Gasteiger partial charge < -0.3 is 10.0 Å². The van der Waals surface area contributed by atoms with Gasteiger partial charge in [-0.3, -0.25) is 9.59 Å². The van der Waals surface area contributed by atoms with Gasteiger partial charge >= 0.3 is 0 Å². The highest BCUT2D eigenvalue weighted by molar-refractivity contribution is 8.14. The third kappa shape index (κ3) is 3.58. The second kappa shape index (κ2) is 6.21. The first-order chi connectivity index (χ1) is 9.10. The summed E-state index contributed by atoms with van der Waals surface area (Å²) in [5.41, 5.74) is 1.86. The topological polar surface area (TPSA) is 57.6 Å². The molecule has 1 saturated heterocycles. The van der Waals surface area contributed by atoms with Gasteiger partial charge in [0.25, 0.3) is 0 Å². The summed E-state index contributed by atoms with van der Waals surface area (Å²) in [5.74, 6) is 0.0555. The van der Waals surface area contributed by atoms with Gasteiger partial charge in [-0.15, -0.1) is 0 Å². The summed E-state index contributed by atoms with van der Waals surface area (Å²) in [5, 5.41) is 9.05. The number of amides is 1. The fourth-order valence-corrected chi connectivity index (χ4v) is 3.17. The quantitative estimate of drug-likeness (QED) is 0.909. The summed E-state index contributed by atoms with van der Waals surface area (Å²) in [6, 6.07) is 7.63. The van der Waals surface area contributed by atoms with Gasteiger partial charge in [-0.05, 0) is 24.1 Å². The number of aliphatic hydroxyl groups is 1. The van der Waals surface area contributed by atoms with Crippen LogP contribution in [0.25, 0.3) is 0 Å². The Bertz CT molecular complexity index is 489. The molecule has 1 aliphatic heterocycles. The average molecular weight is 279 g/mol. The third-order valence-corrected chi connectivity index (χ3v) is 4.03. The van der Waals surface area contributed by atoms with E-state index in [2.05, 4.69) is 0 Å². The van der Waals surface area contributed by atoms with Gasteiger partial charge in [0, 0.05) is 37.4 Å². The van der Waals surface area contributed by atoms with Crippen LogP contribution in [0.3, 0.4) is 0 Å². The molecule has 0 aromatic heterocycles. The minimum absolute atomic E-state index is 0.0477. The Hall–Kier alpha value is -1.33. The number of hydrogen-bond donors (Lipinski definition) is 1. The van der Waals surface area contributed by atoms with E-state index in [1.165, 1.54) is 18.7 Å². The first kappa shape index (κ1) is 14.1. The molecule has 102 valence electrons. The van der Waals surface area contributed by atoms with Gasteiger partial charge in [-0.1, -0.05) is 23.9 Å². The van der Waals surface area contributed by atoms with Crippen LogP contribution in [0.5, 0.6) is 0 Å². The summed E-state index contributed by atoms with van der Waals surface area (Å²) in [6.07, 6.45) is 0.996. The fourth-order valence-electron chi connectivity index (χ4n) is 2.25. The lowest BCUT2D eigenvalue weighted by Gasteiger charge is -2.17. The van der Waals surface area contributed by atoms with Crippen LogP contribution in [0, 0.1) is 0 Å². The van der Waals surface area contributed by atoms with Crippen LogP contribution in [0.2, 0.25) is 0 Å². The molecule has 1 heterocycles. The van der Waals surface area contributed by atoms with Crippen molar-refractivity contribution in [2.45, 2.75) is 25.0 Å². The fraction of sp³-hybridized carbons (Fsp3) is 0.429. The molecule has 1 aromatic rings. The summed E-state index contributed by atoms with van der Waals surface area (Å²) < 4.78 is 0. The van der Waals surface area contributed by atoms with Crippen LogP contribution in [-0.4, -0.2) is 34.5 Å². The molecule has 0 bridgehead atoms. The van der Waals surface area contributed by atoms with Crippen molar-refractivity contribution in [1.82, 2.24) is 0 Å². The maximum Gasteiger partial charge on any atom is 0.228 e. The summed E-state index contributed by atoms with van der Waals surface area (Å²) in [7, 11) is 0. The number of aliphatic hydroxyl groups excluding tert-OH is 1. The van der Waals surface area contributed by atoms with Crippen LogP contribution in [0.4, 0.5) is 5.69 Å². The SMILES string of the molecule is CC(=O)SC1CC(=O)N(c2cccc(CCO)c2)C1. The van der Waals surface area contributed by atoms with Gasteiger partial charge in [0.2, 0.25) is 5.91 Å². The molecule has 0 spiro atoms. The van der Waals surface area contributed by atoms with Crippen molar-refractivity contribution >= 4 is 28.5 Å². The zero-order valence-corrected chi connectivity index (χ0v) is 11.7. The predicted octanol–water partition coefficient (Wildman–Crippen LogP) is 1.61. The van der Waals surface area contributed by atoms with Crippen molar-refractivity contribution in [2.24, 2.45) is 0 Å². The minimum Gasteiger partial charge on any atom is -0.396 e. The molecule has 1 amide bonds. The molecule has 1 unspecified atom stereocenters. The Balaban J connectivity index is 2.11. The lowest BCUT2D eigenvalue weighted by atomic mass is 10.1. The highest BCUT2D eigenvalue weighted by Crippen LogP contribution is 2.29. The number of carbonyl (C=O) groups is 2. The van der Waals surface area contributed by atoms with E-state index in [0.717, 1.165) is 11.3 Å². The van der Waals surface area contributed by atoms with Crippen molar-refractivity contribution in [1.29, 1.82) is 0 Å². The van der Waals surface area contributed by atoms with Gasteiger partial charge in [0.05, 0.1) is 0 Å². The highest BCUT2D eigenvalue weighted by Gasteiger charge is 2.31. The zero-order valence-electron chi connectivity index (χ0n) is 10.8. The van der Waals surface area contributed by atoms with Crippen molar-refractivity contribution < 1.29 is 14.7 Å². The summed E-state index contributed by atoms with van der Waals surface area (Å²) in [4.78, 5) is 24.8. The van der Waals surface area contributed by atoms with Crippen LogP contribution in [0.15, 0.2) is 24.3 Å². The van der Waals surface area contributed by atoms with Gasteiger partial charge in [0.1, 0.15) is 0 Å². The number of rotatable bonds is 4. The molecular weight excluding hydrogens is 262 g/mol. The summed E-state index contributed by atoms with van der Waals surface area (Å²) in [6.45, 7) is 2.20. The molecule has 0 radical (unpaired) electrons. The molecule has 1 atom stereocenters. The van der Waals surface area contributed by atoms with E-state index >= 15 is 0 Å². The summed E-state index contributed by atoms with van der Waals surface area (Å²) >= 11 is 1.24. The maximum atomic E-state index is 12.0. The highest BCUT2D eigenvalue weighted by atomic mass is 32.2. The number of benzene rings is 1. The normalized spacial score (nSPS) is 18.9. The molecule has 0 saturated carbocycles. The number of hydrogen-bond acceptors (Lipinski definition) is 4. The predicted molar refractivity (Wildman–Crippen MR) is 76.3 cm³/mol. The van der Waals surface area contributed by atoms with E-state index in [-0.39, 0.29) is 22.9 Å². The second-order valence-corrected chi connectivity index (χ2v) is 6.06. The average Bonchev–Trinajstić information content (AvgIpc) is 2.70. The lowest BCUT2D eigenvalue weighted by Crippen LogP contribution is -2.25. The Morgan fingerprint density at radius 1 is 1.53 bits per heavy atom. The van der Waals surface area contributed by atoms with Crippen LogP contribution in [0.1, 0.15) is 18.9 Å². The zero-order chi connectivity index (χ0) is 13.8. The molecule has 1 aromatic carbocycles. The van der Waals surface area contributed by atoms with Gasteiger partial charge in [-0.2, -0.15) is 0 Å². The van der Waals surface area contributed by atoms with Crippen LogP contribution in [-0.2, 0) is 16.0 Å². The second-order valence-electron chi connectivity index (χ2n) is 4.58. The van der Waals surface area contributed by atoms with Crippen molar-refractivity contribution in [3.63, 3.8) is 0 Å². The molecule has 1 fully saturated rings. The molecule has 1 N–H and O–H groups in total. The first-order valence-corrected chi connectivity index (χ1v) is 7.15. The maximum absolute atomic E-state index is 12.0. The van der Waals surface area contributed by atoms with E-state index in [1.807, 2.05) is 24.3 Å². The number of thioether (sulfide) groups is 1. The number of nitrogens with zero attached hydrogens (tertiary/aromatic N) is 1. The van der Waals surface area contributed by atoms with Crippen LogP contribution >= 0.6 is 11.8 Å². The Morgan fingerprint density at radius 2 is 2.32 bits per heavy atom. The third-order valence-electron chi connectivity index (χ3n) is 3.04. The van der Waals surface area contributed by atoms with Crippen LogP contribution < -0.4 is 4.90 Å². The van der Waals surface area contributed by atoms with Crippen molar-refractivity contribution in [3.05, 3.63) is 29.8 Å². The van der Waals surface area contributed by atoms with Gasteiger partial charge in [0.15, 0.2) is 5.12 Å². The number of anilines is 1. The number of carbonyl (C=O) groups excluding carboxylic acids is 2. The van der Waals surface area contributed by atoms with E-state index in [9.17, 15) is 9.59 Å². The van der Waals surface area contributed by atoms with E-state index < -0.39 is 0 Å². The molecule has 5 heteroatoms. The van der Waals surface area contributed by atoms with Crippen molar-refractivity contribution in [3.8, 4) is 0 Å². The molecule has 4 nitrogen and oxygen atoms in total. The molecular formula is C14H17NO3S. The smallest absolute Gasteiger partial charge is 0.228 e. The van der Waals surface area contributed by atoms with Crippen molar-refractivity contribution in [2.75, 3.05) is 18.1 Å². The minimum atomic E-state index is 0.0477. The van der Waals surface area contributed by atoms with E-state index in [1.54, 1.807) is 4.90 Å². The lowest BCUT2D eigenvalue weighted by molar-refractivity contribution is -0.117.